The SMILES string of the molecule is CC(CN)CS(=O)(=O)C1CCC(C)C(C)C1. The first kappa shape index (κ1) is 14.0. The van der Waals surface area contributed by atoms with Gasteiger partial charge in [-0.1, -0.05) is 20.8 Å². The Morgan fingerprint density at radius 2 is 1.88 bits per heavy atom. The minimum absolute atomic E-state index is 0.0830. The molecule has 16 heavy (non-hydrogen) atoms. The van der Waals surface area contributed by atoms with Crippen molar-refractivity contribution in [2.75, 3.05) is 12.3 Å². The van der Waals surface area contributed by atoms with Crippen LogP contribution in [-0.2, 0) is 9.84 Å². The van der Waals surface area contributed by atoms with Crippen molar-refractivity contribution in [3.63, 3.8) is 0 Å². The van der Waals surface area contributed by atoms with Gasteiger partial charge in [-0.15, -0.1) is 0 Å². The van der Waals surface area contributed by atoms with Crippen LogP contribution in [0, 0.1) is 17.8 Å². The average Bonchev–Trinajstić information content (AvgIpc) is 2.21. The minimum Gasteiger partial charge on any atom is -0.330 e. The predicted molar refractivity (Wildman–Crippen MR) is 68.0 cm³/mol. The lowest BCUT2D eigenvalue weighted by Gasteiger charge is -2.32. The topological polar surface area (TPSA) is 60.2 Å². The molecular weight excluding hydrogens is 222 g/mol. The van der Waals surface area contributed by atoms with Crippen LogP contribution >= 0.6 is 0 Å². The van der Waals surface area contributed by atoms with Gasteiger partial charge in [0.15, 0.2) is 9.84 Å². The van der Waals surface area contributed by atoms with Gasteiger partial charge in [0, 0.05) is 0 Å². The molecule has 1 rings (SSSR count). The molecule has 0 radical (unpaired) electrons. The van der Waals surface area contributed by atoms with Crippen molar-refractivity contribution in [3.8, 4) is 0 Å². The lowest BCUT2D eigenvalue weighted by molar-refractivity contribution is 0.278. The smallest absolute Gasteiger partial charge is 0.153 e. The fourth-order valence-corrected chi connectivity index (χ4v) is 4.72. The molecule has 0 saturated heterocycles. The Hall–Kier alpha value is -0.0900. The van der Waals surface area contributed by atoms with E-state index in [9.17, 15) is 8.42 Å². The molecule has 96 valence electrons. The summed E-state index contributed by atoms with van der Waals surface area (Å²) in [6, 6.07) is 0. The van der Waals surface area contributed by atoms with Crippen LogP contribution in [0.25, 0.3) is 0 Å². The lowest BCUT2D eigenvalue weighted by atomic mass is 9.81. The summed E-state index contributed by atoms with van der Waals surface area (Å²) in [5, 5.41) is -0.118. The Balaban J connectivity index is 2.63. The van der Waals surface area contributed by atoms with Gasteiger partial charge < -0.3 is 5.73 Å². The highest BCUT2D eigenvalue weighted by Crippen LogP contribution is 2.33. The Morgan fingerprint density at radius 1 is 1.25 bits per heavy atom. The molecule has 0 aromatic rings. The number of nitrogens with two attached hydrogens (primary N) is 1. The van der Waals surface area contributed by atoms with E-state index in [0.717, 1.165) is 19.3 Å². The standard InChI is InChI=1S/C12H25NO2S/c1-9(7-13)8-16(14,15)12-5-4-10(2)11(3)6-12/h9-12H,4-8,13H2,1-3H3. The van der Waals surface area contributed by atoms with Crippen molar-refractivity contribution in [1.82, 2.24) is 0 Å². The number of sulfone groups is 1. The van der Waals surface area contributed by atoms with Crippen LogP contribution in [0.1, 0.15) is 40.0 Å². The van der Waals surface area contributed by atoms with Crippen LogP contribution in [-0.4, -0.2) is 26.0 Å². The van der Waals surface area contributed by atoms with Gasteiger partial charge >= 0.3 is 0 Å². The second kappa shape index (κ2) is 5.50. The van der Waals surface area contributed by atoms with Crippen LogP contribution in [0.3, 0.4) is 0 Å². The Morgan fingerprint density at radius 3 is 2.38 bits per heavy atom. The average molecular weight is 247 g/mol. The number of rotatable bonds is 4. The third kappa shape index (κ3) is 3.45. The van der Waals surface area contributed by atoms with E-state index < -0.39 is 9.84 Å². The van der Waals surface area contributed by atoms with E-state index in [4.69, 9.17) is 5.73 Å². The zero-order valence-electron chi connectivity index (χ0n) is 10.6. The molecule has 0 amide bonds. The van der Waals surface area contributed by atoms with E-state index in [1.54, 1.807) is 0 Å². The minimum atomic E-state index is -2.93. The quantitative estimate of drug-likeness (QED) is 0.824. The molecule has 0 aromatic heterocycles. The van der Waals surface area contributed by atoms with Crippen LogP contribution in [0.15, 0.2) is 0 Å². The van der Waals surface area contributed by atoms with Crippen LogP contribution < -0.4 is 5.73 Å². The lowest BCUT2D eigenvalue weighted by Crippen LogP contribution is -2.35. The molecule has 4 unspecified atom stereocenters. The van der Waals surface area contributed by atoms with Crippen molar-refractivity contribution in [1.29, 1.82) is 0 Å². The molecule has 0 heterocycles. The zero-order chi connectivity index (χ0) is 12.3. The van der Waals surface area contributed by atoms with Crippen molar-refractivity contribution >= 4 is 9.84 Å². The molecule has 2 N–H and O–H groups in total. The summed E-state index contributed by atoms with van der Waals surface area (Å²) in [7, 11) is -2.93. The molecular formula is C12H25NO2S. The molecule has 1 saturated carbocycles. The molecule has 0 spiro atoms. The number of hydrogen-bond donors (Lipinski definition) is 1. The van der Waals surface area contributed by atoms with Gasteiger partial charge in [-0.3, -0.25) is 0 Å². The van der Waals surface area contributed by atoms with Crippen LogP contribution in [0.4, 0.5) is 0 Å². The van der Waals surface area contributed by atoms with Gasteiger partial charge in [0.25, 0.3) is 0 Å². The highest BCUT2D eigenvalue weighted by atomic mass is 32.2. The third-order valence-corrected chi connectivity index (χ3v) is 6.45. The van der Waals surface area contributed by atoms with E-state index in [1.807, 2.05) is 6.92 Å². The number of hydrogen-bond acceptors (Lipinski definition) is 3. The zero-order valence-corrected chi connectivity index (χ0v) is 11.5. The first-order valence-corrected chi connectivity index (χ1v) is 8.00. The van der Waals surface area contributed by atoms with Gasteiger partial charge in [-0.05, 0) is 43.6 Å². The third-order valence-electron chi connectivity index (χ3n) is 3.98. The maximum atomic E-state index is 12.2. The second-order valence-electron chi connectivity index (χ2n) is 5.56. The molecule has 1 aliphatic carbocycles. The summed E-state index contributed by atoms with van der Waals surface area (Å²) in [6.07, 6.45) is 2.72. The van der Waals surface area contributed by atoms with Gasteiger partial charge in [0.1, 0.15) is 0 Å². The Labute approximate surface area is 99.7 Å². The fraction of sp³-hybridized carbons (Fsp3) is 1.00. The van der Waals surface area contributed by atoms with E-state index in [0.29, 0.717) is 18.4 Å². The Kier molecular flexibility index (Phi) is 4.80. The van der Waals surface area contributed by atoms with Gasteiger partial charge in [0.05, 0.1) is 11.0 Å². The first-order valence-electron chi connectivity index (χ1n) is 6.28. The second-order valence-corrected chi connectivity index (χ2v) is 7.89. The largest absolute Gasteiger partial charge is 0.330 e. The van der Waals surface area contributed by atoms with Gasteiger partial charge in [0.2, 0.25) is 0 Å². The monoisotopic (exact) mass is 247 g/mol. The molecule has 0 bridgehead atoms. The van der Waals surface area contributed by atoms with Crippen molar-refractivity contribution in [2.45, 2.75) is 45.3 Å². The maximum absolute atomic E-state index is 12.2. The molecule has 1 fully saturated rings. The van der Waals surface area contributed by atoms with Crippen LogP contribution in [0.5, 0.6) is 0 Å². The maximum Gasteiger partial charge on any atom is 0.153 e. The summed E-state index contributed by atoms with van der Waals surface area (Å²) < 4.78 is 24.3. The highest BCUT2D eigenvalue weighted by molar-refractivity contribution is 7.92. The summed E-state index contributed by atoms with van der Waals surface area (Å²) >= 11 is 0. The van der Waals surface area contributed by atoms with Gasteiger partial charge in [-0.25, -0.2) is 8.42 Å². The van der Waals surface area contributed by atoms with Crippen molar-refractivity contribution in [3.05, 3.63) is 0 Å². The normalized spacial score (nSPS) is 33.6. The summed E-state index contributed by atoms with van der Waals surface area (Å²) in [4.78, 5) is 0. The van der Waals surface area contributed by atoms with Crippen LogP contribution in [0.2, 0.25) is 0 Å². The molecule has 0 aromatic carbocycles. The van der Waals surface area contributed by atoms with Gasteiger partial charge in [-0.2, -0.15) is 0 Å². The molecule has 0 aliphatic heterocycles. The first-order chi connectivity index (χ1) is 7.36. The Bertz CT molecular complexity index is 313. The highest BCUT2D eigenvalue weighted by Gasteiger charge is 2.33. The van der Waals surface area contributed by atoms with E-state index in [1.165, 1.54) is 0 Å². The molecule has 4 atom stereocenters. The van der Waals surface area contributed by atoms with E-state index in [2.05, 4.69) is 13.8 Å². The summed E-state index contributed by atoms with van der Waals surface area (Å²) in [5.74, 6) is 1.54. The molecule has 3 nitrogen and oxygen atoms in total. The summed E-state index contributed by atoms with van der Waals surface area (Å²) in [6.45, 7) is 6.75. The molecule has 4 heteroatoms. The molecule has 1 aliphatic rings. The predicted octanol–water partition coefficient (Wildman–Crippen LogP) is 1.82. The van der Waals surface area contributed by atoms with Crippen molar-refractivity contribution < 1.29 is 8.42 Å². The van der Waals surface area contributed by atoms with E-state index in [-0.39, 0.29) is 16.9 Å². The van der Waals surface area contributed by atoms with Crippen molar-refractivity contribution in [2.24, 2.45) is 23.5 Å². The van der Waals surface area contributed by atoms with E-state index >= 15 is 0 Å². The fourth-order valence-electron chi connectivity index (χ4n) is 2.42. The summed E-state index contributed by atoms with van der Waals surface area (Å²) in [5.41, 5.74) is 5.49.